The molecule has 0 spiro atoms. The lowest BCUT2D eigenvalue weighted by Gasteiger charge is -2.02. The Bertz CT molecular complexity index is 635. The van der Waals surface area contributed by atoms with Crippen LogP contribution in [-0.2, 0) is 9.63 Å². The van der Waals surface area contributed by atoms with Crippen molar-refractivity contribution in [2.75, 3.05) is 0 Å². The monoisotopic (exact) mass is 287 g/mol. The third-order valence-electron chi connectivity index (χ3n) is 3.43. The lowest BCUT2D eigenvalue weighted by atomic mass is 10.1. The number of carbonyl (C=O) groups is 1. The summed E-state index contributed by atoms with van der Waals surface area (Å²) < 4.78 is 11.1. The molecule has 0 N–H and O–H groups in total. The smallest absolute Gasteiger partial charge is 0.331 e. The summed E-state index contributed by atoms with van der Waals surface area (Å²) in [6.07, 6.45) is 5.92. The average Bonchev–Trinajstić information content (AvgIpc) is 2.93. The van der Waals surface area contributed by atoms with Crippen LogP contribution in [0.1, 0.15) is 38.4 Å². The number of nitrogens with zero attached hydrogens (tertiary/aromatic N) is 1. The van der Waals surface area contributed by atoms with E-state index < -0.39 is 5.97 Å². The molecule has 3 rings (SSSR count). The second-order valence-corrected chi connectivity index (χ2v) is 5.24. The molecule has 0 amide bonds. The van der Waals surface area contributed by atoms with Gasteiger partial charge >= 0.3 is 5.97 Å². The highest BCUT2D eigenvalue weighted by molar-refractivity contribution is 5.98. The summed E-state index contributed by atoms with van der Waals surface area (Å²) in [6, 6.07) is 7.29. The van der Waals surface area contributed by atoms with E-state index in [-0.39, 0.29) is 0 Å². The van der Waals surface area contributed by atoms with Crippen LogP contribution < -0.4 is 0 Å². The Morgan fingerprint density at radius 1 is 1.33 bits per heavy atom. The average molecular weight is 287 g/mol. The largest absolute Gasteiger partial charge is 0.461 e. The molecule has 21 heavy (non-hydrogen) atoms. The Morgan fingerprint density at radius 2 is 2.19 bits per heavy atom. The lowest BCUT2D eigenvalue weighted by Crippen LogP contribution is -2.03. The molecule has 0 aliphatic heterocycles. The van der Waals surface area contributed by atoms with E-state index in [1.165, 1.54) is 19.8 Å². The molecular weight excluding hydrogens is 270 g/mol. The Hall–Kier alpha value is -2.30. The number of rotatable bonds is 6. The molecule has 1 aliphatic rings. The van der Waals surface area contributed by atoms with Gasteiger partial charge in [0.2, 0.25) is 0 Å². The van der Waals surface area contributed by atoms with Gasteiger partial charge < -0.3 is 13.7 Å². The normalized spacial score (nSPS) is 15.2. The third kappa shape index (κ3) is 3.62. The van der Waals surface area contributed by atoms with Crippen molar-refractivity contribution in [2.24, 2.45) is 11.1 Å². The predicted octanol–water partition coefficient (Wildman–Crippen LogP) is 4.00. The zero-order valence-corrected chi connectivity index (χ0v) is 11.9. The van der Waals surface area contributed by atoms with Crippen molar-refractivity contribution in [2.45, 2.75) is 32.6 Å². The van der Waals surface area contributed by atoms with Gasteiger partial charge in [-0.25, -0.2) is 4.79 Å². The molecule has 2 heterocycles. The minimum Gasteiger partial charge on any atom is -0.461 e. The van der Waals surface area contributed by atoms with Crippen molar-refractivity contribution in [3.63, 3.8) is 0 Å². The first kappa shape index (κ1) is 13.7. The molecule has 0 bridgehead atoms. The maximum atomic E-state index is 10.9. The third-order valence-corrected chi connectivity index (χ3v) is 3.43. The van der Waals surface area contributed by atoms with Crippen molar-refractivity contribution in [3.8, 4) is 11.5 Å². The van der Waals surface area contributed by atoms with Crippen LogP contribution in [0.15, 0.2) is 44.5 Å². The molecule has 0 aromatic carbocycles. The molecule has 110 valence electrons. The van der Waals surface area contributed by atoms with Crippen LogP contribution in [0, 0.1) is 5.92 Å². The van der Waals surface area contributed by atoms with E-state index in [1.807, 2.05) is 18.2 Å². The molecule has 0 atom stereocenters. The summed E-state index contributed by atoms with van der Waals surface area (Å²) in [5.74, 6) is 2.25. The van der Waals surface area contributed by atoms with E-state index in [0.717, 1.165) is 18.8 Å². The van der Waals surface area contributed by atoms with Crippen molar-refractivity contribution < 1.29 is 18.5 Å². The van der Waals surface area contributed by atoms with Gasteiger partial charge in [-0.2, -0.15) is 0 Å². The van der Waals surface area contributed by atoms with E-state index in [2.05, 4.69) is 5.16 Å². The molecule has 2 aromatic rings. The zero-order valence-electron chi connectivity index (χ0n) is 11.9. The van der Waals surface area contributed by atoms with Crippen LogP contribution in [0.4, 0.5) is 0 Å². The maximum Gasteiger partial charge on any atom is 0.331 e. The second kappa shape index (κ2) is 5.99. The lowest BCUT2D eigenvalue weighted by molar-refractivity contribution is -0.140. The summed E-state index contributed by atoms with van der Waals surface area (Å²) in [5.41, 5.74) is 0.662. The highest BCUT2D eigenvalue weighted by Crippen LogP contribution is 2.34. The zero-order chi connectivity index (χ0) is 14.7. The fraction of sp³-hybridized carbons (Fsp3) is 0.375. The fourth-order valence-corrected chi connectivity index (χ4v) is 2.12. The first-order chi connectivity index (χ1) is 10.2. The number of furan rings is 2. The van der Waals surface area contributed by atoms with E-state index in [1.54, 1.807) is 12.3 Å². The molecule has 1 aliphatic carbocycles. The maximum absolute atomic E-state index is 10.9. The number of hydrogen-bond donors (Lipinski definition) is 0. The Kier molecular flexibility index (Phi) is 3.90. The van der Waals surface area contributed by atoms with E-state index in [4.69, 9.17) is 13.7 Å². The summed E-state index contributed by atoms with van der Waals surface area (Å²) in [7, 11) is 0. The SMILES string of the molecule is CC(=O)O/N=C(\CCC1CC1)c1ccc(-c2ccco2)o1. The van der Waals surface area contributed by atoms with Gasteiger partial charge in [-0.1, -0.05) is 18.0 Å². The van der Waals surface area contributed by atoms with Crippen LogP contribution in [0.2, 0.25) is 0 Å². The molecule has 1 fully saturated rings. The highest BCUT2D eigenvalue weighted by Gasteiger charge is 2.23. The van der Waals surface area contributed by atoms with Gasteiger partial charge in [0.25, 0.3) is 0 Å². The Morgan fingerprint density at radius 3 is 2.86 bits per heavy atom. The second-order valence-electron chi connectivity index (χ2n) is 5.24. The summed E-state index contributed by atoms with van der Waals surface area (Å²) >= 11 is 0. The highest BCUT2D eigenvalue weighted by atomic mass is 16.7. The van der Waals surface area contributed by atoms with Crippen LogP contribution >= 0.6 is 0 Å². The molecule has 0 radical (unpaired) electrons. The van der Waals surface area contributed by atoms with Gasteiger partial charge in [-0.15, -0.1) is 0 Å². The molecule has 1 saturated carbocycles. The molecule has 5 heteroatoms. The van der Waals surface area contributed by atoms with Crippen LogP contribution in [-0.4, -0.2) is 11.7 Å². The minimum atomic E-state index is -0.434. The van der Waals surface area contributed by atoms with Crippen LogP contribution in [0.3, 0.4) is 0 Å². The molecule has 0 unspecified atom stereocenters. The van der Waals surface area contributed by atoms with Gasteiger partial charge in [0.1, 0.15) is 5.71 Å². The first-order valence-electron chi connectivity index (χ1n) is 7.11. The Balaban J connectivity index is 1.77. The predicted molar refractivity (Wildman–Crippen MR) is 76.7 cm³/mol. The van der Waals surface area contributed by atoms with Crippen LogP contribution in [0.5, 0.6) is 0 Å². The van der Waals surface area contributed by atoms with Crippen molar-refractivity contribution in [1.29, 1.82) is 0 Å². The standard InChI is InChI=1S/C16H17NO4/c1-11(18)21-17-13(7-6-12-4-5-12)14-8-9-16(20-14)15-3-2-10-19-15/h2-3,8-10,12H,4-7H2,1H3/b17-13+. The van der Waals surface area contributed by atoms with Gasteiger partial charge in [-0.05, 0) is 43.0 Å². The Labute approximate surface area is 122 Å². The number of hydrogen-bond acceptors (Lipinski definition) is 5. The van der Waals surface area contributed by atoms with E-state index in [9.17, 15) is 4.79 Å². The van der Waals surface area contributed by atoms with Gasteiger partial charge in [0, 0.05) is 6.92 Å². The molecule has 5 nitrogen and oxygen atoms in total. The molecule has 0 saturated heterocycles. The van der Waals surface area contributed by atoms with Crippen molar-refractivity contribution in [3.05, 3.63) is 36.3 Å². The van der Waals surface area contributed by atoms with Gasteiger partial charge in [-0.3, -0.25) is 0 Å². The van der Waals surface area contributed by atoms with Crippen LogP contribution in [0.25, 0.3) is 11.5 Å². The summed E-state index contributed by atoms with van der Waals surface area (Å²) in [5, 5.41) is 3.93. The number of carbonyl (C=O) groups excluding carboxylic acids is 1. The minimum absolute atomic E-state index is 0.434. The quantitative estimate of drug-likeness (QED) is 0.457. The fourth-order valence-electron chi connectivity index (χ4n) is 2.12. The first-order valence-corrected chi connectivity index (χ1v) is 7.11. The van der Waals surface area contributed by atoms with Crippen molar-refractivity contribution in [1.82, 2.24) is 0 Å². The topological polar surface area (TPSA) is 64.9 Å². The molecular formula is C16H17NO4. The molecule has 2 aromatic heterocycles. The van der Waals surface area contributed by atoms with Gasteiger partial charge in [0.05, 0.1) is 6.26 Å². The van der Waals surface area contributed by atoms with E-state index >= 15 is 0 Å². The summed E-state index contributed by atoms with van der Waals surface area (Å²) in [6.45, 7) is 1.33. The van der Waals surface area contributed by atoms with Crippen molar-refractivity contribution >= 4 is 11.7 Å². The van der Waals surface area contributed by atoms with Gasteiger partial charge in [0.15, 0.2) is 17.3 Å². The van der Waals surface area contributed by atoms with E-state index in [0.29, 0.717) is 23.0 Å². The number of oxime groups is 1. The summed E-state index contributed by atoms with van der Waals surface area (Å²) in [4.78, 5) is 15.7.